The fourth-order valence-corrected chi connectivity index (χ4v) is 1.31. The molecule has 1 aliphatic heterocycles. The maximum absolute atomic E-state index is 10.4. The van der Waals surface area contributed by atoms with E-state index in [9.17, 15) is 8.42 Å². The molecule has 0 aromatic carbocycles. The summed E-state index contributed by atoms with van der Waals surface area (Å²) in [5.74, 6) is -0.0106. The van der Waals surface area contributed by atoms with Crippen LogP contribution in [0.15, 0.2) is 12.7 Å². The fraction of sp³-hybridized carbons (Fsp3) is 0.600. The molecule has 10 heavy (non-hydrogen) atoms. The molecule has 1 rings (SSSR count). The molecular weight excluding hydrogens is 156 g/mol. The Kier molecular flexibility index (Phi) is 2.08. The summed E-state index contributed by atoms with van der Waals surface area (Å²) in [6.07, 6.45) is 1.61. The highest BCUT2D eigenvalue weighted by Gasteiger charge is 2.22. The van der Waals surface area contributed by atoms with Crippen molar-refractivity contribution in [2.45, 2.75) is 0 Å². The van der Waals surface area contributed by atoms with Crippen molar-refractivity contribution < 1.29 is 16.8 Å². The molecule has 0 bridgehead atoms. The monoisotopic (exact) mass is 164 g/mol. The van der Waals surface area contributed by atoms with Crippen molar-refractivity contribution in [3.8, 4) is 0 Å². The molecule has 0 aromatic heterocycles. The molecule has 0 atom stereocenters. The van der Waals surface area contributed by atoms with Gasteiger partial charge < -0.3 is 0 Å². The smallest absolute Gasteiger partial charge is 0.247 e. The standard InChI is InChI=1S/C5H8O4S/c1-2-5-3-8-10(6,7)9-4-5/h2,5H,1,3-4H2. The van der Waals surface area contributed by atoms with Gasteiger partial charge in [-0.15, -0.1) is 6.58 Å². The van der Waals surface area contributed by atoms with Crippen LogP contribution in [0.4, 0.5) is 0 Å². The molecule has 1 aliphatic rings. The van der Waals surface area contributed by atoms with Gasteiger partial charge in [0.2, 0.25) is 0 Å². The predicted molar refractivity (Wildman–Crippen MR) is 34.5 cm³/mol. The van der Waals surface area contributed by atoms with Gasteiger partial charge in [-0.1, -0.05) is 6.08 Å². The van der Waals surface area contributed by atoms with Crippen molar-refractivity contribution in [3.05, 3.63) is 12.7 Å². The van der Waals surface area contributed by atoms with Crippen LogP contribution >= 0.6 is 0 Å². The first kappa shape index (κ1) is 7.71. The molecule has 4 nitrogen and oxygen atoms in total. The van der Waals surface area contributed by atoms with Gasteiger partial charge in [-0.3, -0.25) is 0 Å². The van der Waals surface area contributed by atoms with Gasteiger partial charge in [-0.05, 0) is 0 Å². The zero-order chi connectivity index (χ0) is 7.61. The maximum Gasteiger partial charge on any atom is 0.399 e. The average molecular weight is 164 g/mol. The van der Waals surface area contributed by atoms with Crippen LogP contribution in [0.3, 0.4) is 0 Å². The molecule has 0 aromatic rings. The summed E-state index contributed by atoms with van der Waals surface area (Å²) in [6, 6.07) is 0. The predicted octanol–water partition coefficient (Wildman–Crippen LogP) is 0.0802. The van der Waals surface area contributed by atoms with Crippen molar-refractivity contribution in [1.82, 2.24) is 0 Å². The van der Waals surface area contributed by atoms with Gasteiger partial charge in [-0.25, -0.2) is 8.37 Å². The number of hydrogen-bond acceptors (Lipinski definition) is 4. The molecule has 0 saturated carbocycles. The lowest BCUT2D eigenvalue weighted by molar-refractivity contribution is 0.124. The summed E-state index contributed by atoms with van der Waals surface area (Å²) in [4.78, 5) is 0. The third-order valence-electron chi connectivity index (χ3n) is 1.19. The zero-order valence-corrected chi connectivity index (χ0v) is 6.13. The lowest BCUT2D eigenvalue weighted by atomic mass is 10.2. The maximum atomic E-state index is 10.4. The summed E-state index contributed by atoms with van der Waals surface area (Å²) in [7, 11) is -3.67. The van der Waals surface area contributed by atoms with E-state index in [0.29, 0.717) is 0 Å². The molecule has 0 unspecified atom stereocenters. The topological polar surface area (TPSA) is 52.6 Å². The molecule has 0 N–H and O–H groups in total. The van der Waals surface area contributed by atoms with Crippen LogP contribution in [0.1, 0.15) is 0 Å². The zero-order valence-electron chi connectivity index (χ0n) is 5.32. The number of hydrogen-bond donors (Lipinski definition) is 0. The summed E-state index contributed by atoms with van der Waals surface area (Å²) in [5, 5.41) is 0. The Bertz CT molecular complexity index is 204. The van der Waals surface area contributed by atoms with Gasteiger partial charge in [0.1, 0.15) is 0 Å². The Morgan fingerprint density at radius 1 is 1.40 bits per heavy atom. The average Bonchev–Trinajstić information content (AvgIpc) is 1.88. The van der Waals surface area contributed by atoms with Crippen molar-refractivity contribution in [2.24, 2.45) is 5.92 Å². The molecule has 0 radical (unpaired) electrons. The Morgan fingerprint density at radius 3 is 2.30 bits per heavy atom. The van der Waals surface area contributed by atoms with Gasteiger partial charge in [0.25, 0.3) is 0 Å². The van der Waals surface area contributed by atoms with Crippen molar-refractivity contribution in [2.75, 3.05) is 13.2 Å². The van der Waals surface area contributed by atoms with E-state index in [1.54, 1.807) is 6.08 Å². The minimum absolute atomic E-state index is 0.0106. The Labute approximate surface area is 59.8 Å². The summed E-state index contributed by atoms with van der Waals surface area (Å²) in [5.41, 5.74) is 0. The second-order valence-corrected chi connectivity index (χ2v) is 3.26. The van der Waals surface area contributed by atoms with Gasteiger partial charge in [-0.2, -0.15) is 8.42 Å². The summed E-state index contributed by atoms with van der Waals surface area (Å²) < 4.78 is 29.6. The lowest BCUT2D eigenvalue weighted by Gasteiger charge is -2.17. The van der Waals surface area contributed by atoms with Crippen molar-refractivity contribution in [1.29, 1.82) is 0 Å². The second-order valence-electron chi connectivity index (χ2n) is 1.97. The molecule has 0 spiro atoms. The largest absolute Gasteiger partial charge is 0.399 e. The minimum Gasteiger partial charge on any atom is -0.247 e. The second kappa shape index (κ2) is 2.69. The summed E-state index contributed by atoms with van der Waals surface area (Å²) in [6.45, 7) is 3.77. The Morgan fingerprint density at radius 2 is 1.90 bits per heavy atom. The first-order valence-corrected chi connectivity index (χ1v) is 4.14. The molecular formula is C5H8O4S. The molecule has 1 heterocycles. The van der Waals surface area contributed by atoms with Gasteiger partial charge in [0.05, 0.1) is 13.2 Å². The first-order valence-electron chi connectivity index (χ1n) is 2.80. The van der Waals surface area contributed by atoms with Gasteiger partial charge in [0, 0.05) is 5.92 Å². The molecule has 1 saturated heterocycles. The van der Waals surface area contributed by atoms with Crippen LogP contribution in [0.2, 0.25) is 0 Å². The molecule has 1 fully saturated rings. The van der Waals surface area contributed by atoms with Gasteiger partial charge >= 0.3 is 10.4 Å². The van der Waals surface area contributed by atoms with Crippen LogP contribution < -0.4 is 0 Å². The van der Waals surface area contributed by atoms with E-state index in [0.717, 1.165) is 0 Å². The van der Waals surface area contributed by atoms with Crippen LogP contribution in [-0.4, -0.2) is 21.6 Å². The van der Waals surface area contributed by atoms with E-state index in [1.807, 2.05) is 0 Å². The van der Waals surface area contributed by atoms with E-state index in [1.165, 1.54) is 0 Å². The highest BCUT2D eigenvalue weighted by Crippen LogP contribution is 2.11. The van der Waals surface area contributed by atoms with E-state index in [-0.39, 0.29) is 19.1 Å². The van der Waals surface area contributed by atoms with Crippen LogP contribution in [0.5, 0.6) is 0 Å². The van der Waals surface area contributed by atoms with E-state index < -0.39 is 10.4 Å². The Hall–Kier alpha value is -0.390. The lowest BCUT2D eigenvalue weighted by Crippen LogP contribution is -2.26. The van der Waals surface area contributed by atoms with Crippen LogP contribution in [-0.2, 0) is 18.8 Å². The SMILES string of the molecule is C=CC1COS(=O)(=O)OC1. The van der Waals surface area contributed by atoms with E-state index in [4.69, 9.17) is 0 Å². The van der Waals surface area contributed by atoms with Crippen LogP contribution in [0, 0.1) is 5.92 Å². The van der Waals surface area contributed by atoms with Gasteiger partial charge in [0.15, 0.2) is 0 Å². The third kappa shape index (κ3) is 1.80. The first-order chi connectivity index (χ1) is 4.64. The van der Waals surface area contributed by atoms with E-state index in [2.05, 4.69) is 14.9 Å². The quantitative estimate of drug-likeness (QED) is 0.515. The highest BCUT2D eigenvalue weighted by molar-refractivity contribution is 7.81. The third-order valence-corrected chi connectivity index (χ3v) is 2.04. The highest BCUT2D eigenvalue weighted by atomic mass is 32.3. The molecule has 0 amide bonds. The van der Waals surface area contributed by atoms with Crippen molar-refractivity contribution in [3.63, 3.8) is 0 Å². The minimum atomic E-state index is -3.67. The number of rotatable bonds is 1. The normalized spacial score (nSPS) is 26.0. The molecule has 5 heteroatoms. The Balaban J connectivity index is 2.54. The molecule has 58 valence electrons. The fourth-order valence-electron chi connectivity index (χ4n) is 0.560. The van der Waals surface area contributed by atoms with Crippen LogP contribution in [0.25, 0.3) is 0 Å². The summed E-state index contributed by atoms with van der Waals surface area (Å²) >= 11 is 0. The van der Waals surface area contributed by atoms with E-state index >= 15 is 0 Å². The van der Waals surface area contributed by atoms with Crippen molar-refractivity contribution >= 4 is 10.4 Å². The molecule has 0 aliphatic carbocycles.